The van der Waals surface area contributed by atoms with E-state index < -0.39 is 0 Å². The van der Waals surface area contributed by atoms with Crippen LogP contribution in [0.5, 0.6) is 5.75 Å². The molecule has 0 aliphatic carbocycles. The summed E-state index contributed by atoms with van der Waals surface area (Å²) in [6, 6.07) is 10.2. The Kier molecular flexibility index (Phi) is 5.85. The van der Waals surface area contributed by atoms with E-state index in [2.05, 4.69) is 34.9 Å². The van der Waals surface area contributed by atoms with Gasteiger partial charge in [0.15, 0.2) is 5.65 Å². The van der Waals surface area contributed by atoms with E-state index in [0.29, 0.717) is 18.7 Å². The van der Waals surface area contributed by atoms with Gasteiger partial charge in [-0.15, -0.1) is 0 Å². The van der Waals surface area contributed by atoms with Crippen molar-refractivity contribution in [2.75, 3.05) is 31.1 Å². The average molecular weight is 422 g/mol. The number of aryl methyl sites for hydroxylation is 1. The summed E-state index contributed by atoms with van der Waals surface area (Å²) in [5, 5.41) is 5.29. The van der Waals surface area contributed by atoms with E-state index in [0.717, 1.165) is 41.3 Å². The van der Waals surface area contributed by atoms with E-state index in [9.17, 15) is 4.79 Å². The van der Waals surface area contributed by atoms with Crippen molar-refractivity contribution < 1.29 is 9.53 Å². The lowest BCUT2D eigenvalue weighted by Crippen LogP contribution is -2.49. The van der Waals surface area contributed by atoms with Gasteiger partial charge in [-0.05, 0) is 52.8 Å². The Hall–Kier alpha value is -3.09. The number of nitrogens with zero attached hydrogens (tertiary/aromatic N) is 5. The van der Waals surface area contributed by atoms with Gasteiger partial charge < -0.3 is 14.5 Å². The maximum absolute atomic E-state index is 13.4. The average Bonchev–Trinajstić information content (AvgIpc) is 3.17. The van der Waals surface area contributed by atoms with Crippen molar-refractivity contribution in [2.24, 2.45) is 0 Å². The van der Waals surface area contributed by atoms with E-state index in [1.807, 2.05) is 54.6 Å². The summed E-state index contributed by atoms with van der Waals surface area (Å²) in [7, 11) is 0. The van der Waals surface area contributed by atoms with Crippen LogP contribution in [0.25, 0.3) is 11.0 Å². The Morgan fingerprint density at radius 2 is 1.77 bits per heavy atom. The van der Waals surface area contributed by atoms with E-state index >= 15 is 0 Å². The third-order valence-corrected chi connectivity index (χ3v) is 5.55. The van der Waals surface area contributed by atoms with Crippen LogP contribution in [0.3, 0.4) is 0 Å². The highest BCUT2D eigenvalue weighted by Crippen LogP contribution is 2.30. The quantitative estimate of drug-likeness (QED) is 0.621. The van der Waals surface area contributed by atoms with Crippen LogP contribution in [0.15, 0.2) is 36.5 Å². The summed E-state index contributed by atoms with van der Waals surface area (Å²) in [4.78, 5) is 22.3. The summed E-state index contributed by atoms with van der Waals surface area (Å²) >= 11 is 0. The fourth-order valence-corrected chi connectivity index (χ4v) is 4.09. The molecule has 0 unspecified atom stereocenters. The number of pyridine rings is 1. The summed E-state index contributed by atoms with van der Waals surface area (Å²) in [6.07, 6.45) is 1.89. The number of fused-ring (bicyclic) bond motifs is 1. The van der Waals surface area contributed by atoms with Crippen molar-refractivity contribution in [2.45, 2.75) is 46.8 Å². The Morgan fingerprint density at radius 1 is 1.06 bits per heavy atom. The van der Waals surface area contributed by atoms with Crippen molar-refractivity contribution in [1.82, 2.24) is 19.7 Å². The van der Waals surface area contributed by atoms with Gasteiger partial charge in [0.05, 0.1) is 28.9 Å². The van der Waals surface area contributed by atoms with Gasteiger partial charge in [0.2, 0.25) is 0 Å². The predicted octanol–water partition coefficient (Wildman–Crippen LogP) is 4.07. The molecule has 1 aromatic carbocycles. The molecule has 164 valence electrons. The highest BCUT2D eigenvalue weighted by atomic mass is 16.5. The largest absolute Gasteiger partial charge is 0.489 e. The smallest absolute Gasteiger partial charge is 0.254 e. The van der Waals surface area contributed by atoms with Crippen molar-refractivity contribution >= 4 is 22.6 Å². The molecule has 0 saturated carbocycles. The van der Waals surface area contributed by atoms with E-state index in [1.165, 1.54) is 0 Å². The van der Waals surface area contributed by atoms with Crippen LogP contribution in [0.2, 0.25) is 0 Å². The molecule has 7 heteroatoms. The first-order valence-electron chi connectivity index (χ1n) is 11.0. The monoisotopic (exact) mass is 421 g/mol. The molecule has 1 aliphatic heterocycles. The number of hydrogen-bond donors (Lipinski definition) is 0. The number of hydrogen-bond acceptors (Lipinski definition) is 5. The fraction of sp³-hybridized carbons (Fsp3) is 0.458. The van der Waals surface area contributed by atoms with Gasteiger partial charge in [-0.3, -0.25) is 4.79 Å². The highest BCUT2D eigenvalue weighted by molar-refractivity contribution is 6.05. The Balaban J connectivity index is 1.53. The van der Waals surface area contributed by atoms with Gasteiger partial charge in [-0.1, -0.05) is 12.1 Å². The maximum Gasteiger partial charge on any atom is 0.254 e. The minimum Gasteiger partial charge on any atom is -0.489 e. The number of rotatable bonds is 5. The van der Waals surface area contributed by atoms with Crippen molar-refractivity contribution in [3.63, 3.8) is 0 Å². The number of carbonyl (C=O) groups is 1. The molecule has 1 fully saturated rings. The molecule has 0 N–H and O–H groups in total. The van der Waals surface area contributed by atoms with Crippen molar-refractivity contribution in [1.29, 1.82) is 0 Å². The number of amides is 1. The first-order chi connectivity index (χ1) is 14.8. The molecular formula is C24H31N5O2. The SMILES string of the molecule is Cc1cc(C(=O)N2CCN(c3ccccc3OC(C)C)CC2)c2cnn(C(C)C)c2n1. The van der Waals surface area contributed by atoms with Crippen LogP contribution in [0.4, 0.5) is 5.69 Å². The molecule has 1 saturated heterocycles. The second-order valence-corrected chi connectivity index (χ2v) is 8.64. The lowest BCUT2D eigenvalue weighted by Gasteiger charge is -2.37. The number of ether oxygens (including phenoxy) is 1. The third kappa shape index (κ3) is 4.22. The Labute approximate surface area is 183 Å². The molecule has 1 aliphatic rings. The lowest BCUT2D eigenvalue weighted by molar-refractivity contribution is 0.0748. The summed E-state index contributed by atoms with van der Waals surface area (Å²) in [6.45, 7) is 13.0. The second kappa shape index (κ2) is 8.57. The molecule has 0 bridgehead atoms. The molecule has 3 heterocycles. The standard InChI is InChI=1S/C24H31N5O2/c1-16(2)29-23-20(15-25-29)19(14-18(5)26-23)24(30)28-12-10-27(11-13-28)21-8-6-7-9-22(21)31-17(3)4/h6-9,14-17H,10-13H2,1-5H3. The van der Waals surface area contributed by atoms with Gasteiger partial charge >= 0.3 is 0 Å². The first-order valence-corrected chi connectivity index (χ1v) is 11.0. The van der Waals surface area contributed by atoms with Crippen molar-refractivity contribution in [3.8, 4) is 5.75 Å². The molecule has 0 spiro atoms. The zero-order valence-corrected chi connectivity index (χ0v) is 19.0. The second-order valence-electron chi connectivity index (χ2n) is 8.64. The molecule has 0 atom stereocenters. The zero-order chi connectivity index (χ0) is 22.1. The summed E-state index contributed by atoms with van der Waals surface area (Å²) in [5.74, 6) is 0.940. The predicted molar refractivity (Wildman–Crippen MR) is 123 cm³/mol. The first kappa shape index (κ1) is 21.2. The van der Waals surface area contributed by atoms with E-state index in [-0.39, 0.29) is 18.1 Å². The number of benzene rings is 1. The number of aromatic nitrogens is 3. The van der Waals surface area contributed by atoms with Crippen LogP contribution in [-0.4, -0.2) is 57.9 Å². The molecule has 31 heavy (non-hydrogen) atoms. The minimum absolute atomic E-state index is 0.0465. The summed E-state index contributed by atoms with van der Waals surface area (Å²) in [5.41, 5.74) is 3.38. The maximum atomic E-state index is 13.4. The third-order valence-electron chi connectivity index (χ3n) is 5.55. The van der Waals surface area contributed by atoms with Crippen LogP contribution in [0, 0.1) is 6.92 Å². The number of piperazine rings is 1. The molecular weight excluding hydrogens is 390 g/mol. The van der Waals surface area contributed by atoms with Crippen molar-refractivity contribution in [3.05, 3.63) is 47.8 Å². The van der Waals surface area contributed by atoms with Gasteiger partial charge in [-0.2, -0.15) is 5.10 Å². The molecule has 1 amide bonds. The molecule has 4 rings (SSSR count). The number of anilines is 1. The molecule has 3 aromatic rings. The van der Waals surface area contributed by atoms with Gasteiger partial charge in [-0.25, -0.2) is 9.67 Å². The van der Waals surface area contributed by atoms with Crippen LogP contribution in [-0.2, 0) is 0 Å². The van der Waals surface area contributed by atoms with Crippen LogP contribution in [0.1, 0.15) is 49.8 Å². The fourth-order valence-electron chi connectivity index (χ4n) is 4.09. The highest BCUT2D eigenvalue weighted by Gasteiger charge is 2.26. The molecule has 0 radical (unpaired) electrons. The van der Waals surface area contributed by atoms with Crippen LogP contribution < -0.4 is 9.64 Å². The van der Waals surface area contributed by atoms with Gasteiger partial charge in [0.1, 0.15) is 5.75 Å². The Morgan fingerprint density at radius 3 is 2.45 bits per heavy atom. The minimum atomic E-state index is 0.0465. The van der Waals surface area contributed by atoms with Gasteiger partial charge in [0, 0.05) is 37.9 Å². The van der Waals surface area contributed by atoms with Gasteiger partial charge in [0.25, 0.3) is 5.91 Å². The molecule has 7 nitrogen and oxygen atoms in total. The number of para-hydroxylation sites is 2. The van der Waals surface area contributed by atoms with E-state index in [4.69, 9.17) is 4.74 Å². The Bertz CT molecular complexity index is 1080. The summed E-state index contributed by atoms with van der Waals surface area (Å²) < 4.78 is 7.86. The normalized spacial score (nSPS) is 14.7. The molecule has 2 aromatic heterocycles. The topological polar surface area (TPSA) is 63.5 Å². The van der Waals surface area contributed by atoms with E-state index in [1.54, 1.807) is 6.20 Å². The van der Waals surface area contributed by atoms with Crippen LogP contribution >= 0.6 is 0 Å². The number of carbonyl (C=O) groups excluding carboxylic acids is 1. The lowest BCUT2D eigenvalue weighted by atomic mass is 10.1. The zero-order valence-electron chi connectivity index (χ0n) is 19.0.